The van der Waals surface area contributed by atoms with Gasteiger partial charge in [0.05, 0.1) is 11.7 Å². The van der Waals surface area contributed by atoms with Crippen LogP contribution in [0, 0.1) is 0 Å². The van der Waals surface area contributed by atoms with Gasteiger partial charge >= 0.3 is 0 Å². The van der Waals surface area contributed by atoms with Crippen molar-refractivity contribution in [2.24, 2.45) is 0 Å². The number of carbonyl (C=O) groups is 1. The van der Waals surface area contributed by atoms with E-state index >= 15 is 0 Å². The quantitative estimate of drug-likeness (QED) is 0.230. The Labute approximate surface area is 230 Å². The average molecular weight is 540 g/mol. The van der Waals surface area contributed by atoms with Crippen molar-refractivity contribution in [2.75, 3.05) is 0 Å². The molecule has 7 heteroatoms. The fraction of sp³-hybridized carbons (Fsp3) is 0.0968. The summed E-state index contributed by atoms with van der Waals surface area (Å²) in [6, 6.07) is 32.6. The molecule has 0 saturated heterocycles. The number of hydrogen-bond acceptors (Lipinski definition) is 3. The largest absolute Gasteiger partial charge is 0.489 e. The third-order valence-corrected chi connectivity index (χ3v) is 7.50. The van der Waals surface area contributed by atoms with Crippen molar-refractivity contribution in [3.05, 3.63) is 141 Å². The molecule has 188 valence electrons. The van der Waals surface area contributed by atoms with Crippen LogP contribution < -0.4 is 4.74 Å². The summed E-state index contributed by atoms with van der Waals surface area (Å²) in [5.74, 6) is 0.602. The molecule has 0 radical (unpaired) electrons. The van der Waals surface area contributed by atoms with Gasteiger partial charge in [-0.15, -0.1) is 0 Å². The highest BCUT2D eigenvalue weighted by molar-refractivity contribution is 6.31. The summed E-state index contributed by atoms with van der Waals surface area (Å²) in [4.78, 5) is 15.5. The van der Waals surface area contributed by atoms with Gasteiger partial charge in [0, 0.05) is 33.3 Å². The molecule has 1 aliphatic rings. The van der Waals surface area contributed by atoms with E-state index in [9.17, 15) is 4.79 Å². The number of benzene rings is 4. The average Bonchev–Trinajstić information content (AvgIpc) is 3.49. The van der Waals surface area contributed by atoms with E-state index < -0.39 is 0 Å². The fourth-order valence-electron chi connectivity index (χ4n) is 4.86. The highest BCUT2D eigenvalue weighted by Crippen LogP contribution is 2.44. The number of aromatic amines is 1. The first kappa shape index (κ1) is 24.3. The third kappa shape index (κ3) is 4.55. The number of H-pyrrole nitrogens is 1. The Morgan fingerprint density at radius 2 is 1.42 bits per heavy atom. The van der Waals surface area contributed by atoms with E-state index in [0.29, 0.717) is 34.6 Å². The van der Waals surface area contributed by atoms with E-state index in [0.717, 1.165) is 33.5 Å². The maximum absolute atomic E-state index is 13.7. The summed E-state index contributed by atoms with van der Waals surface area (Å²) < 4.78 is 6.00. The van der Waals surface area contributed by atoms with Crippen molar-refractivity contribution in [1.82, 2.24) is 15.1 Å². The molecule has 1 atom stereocenters. The Kier molecular flexibility index (Phi) is 6.62. The van der Waals surface area contributed by atoms with Gasteiger partial charge in [0.15, 0.2) is 0 Å². The predicted molar refractivity (Wildman–Crippen MR) is 149 cm³/mol. The van der Waals surface area contributed by atoms with Crippen LogP contribution >= 0.6 is 23.2 Å². The number of hydrogen-bond donors (Lipinski definition) is 1. The highest BCUT2D eigenvalue weighted by atomic mass is 35.5. The summed E-state index contributed by atoms with van der Waals surface area (Å²) in [6.45, 7) is 0.730. The fourth-order valence-corrected chi connectivity index (χ4v) is 5.24. The second-order valence-corrected chi connectivity index (χ2v) is 9.92. The number of amides is 1. The molecule has 0 bridgehead atoms. The summed E-state index contributed by atoms with van der Waals surface area (Å²) in [6.07, 6.45) is 0. The molecular weight excluding hydrogens is 517 g/mol. The van der Waals surface area contributed by atoms with Crippen LogP contribution in [0.5, 0.6) is 5.75 Å². The van der Waals surface area contributed by atoms with Crippen LogP contribution in [0.1, 0.15) is 38.8 Å². The number of nitrogens with one attached hydrogen (secondary N) is 1. The number of carbonyl (C=O) groups excluding carboxylic acids is 1. The van der Waals surface area contributed by atoms with Gasteiger partial charge in [-0.3, -0.25) is 9.89 Å². The van der Waals surface area contributed by atoms with Gasteiger partial charge < -0.3 is 9.64 Å². The maximum Gasteiger partial charge on any atom is 0.273 e. The molecule has 0 fully saturated rings. The smallest absolute Gasteiger partial charge is 0.273 e. The van der Waals surface area contributed by atoms with Crippen molar-refractivity contribution in [3.8, 4) is 17.0 Å². The second-order valence-electron chi connectivity index (χ2n) is 9.10. The van der Waals surface area contributed by atoms with Crippen molar-refractivity contribution >= 4 is 29.1 Å². The molecule has 0 saturated carbocycles. The van der Waals surface area contributed by atoms with Gasteiger partial charge in [-0.1, -0.05) is 102 Å². The zero-order valence-electron chi connectivity index (χ0n) is 20.3. The molecule has 4 aromatic carbocycles. The topological polar surface area (TPSA) is 58.2 Å². The van der Waals surface area contributed by atoms with E-state index in [1.54, 1.807) is 0 Å². The summed E-state index contributed by atoms with van der Waals surface area (Å²) in [5, 5.41) is 8.85. The van der Waals surface area contributed by atoms with Gasteiger partial charge in [-0.25, -0.2) is 0 Å². The molecule has 5 nitrogen and oxygen atoms in total. The van der Waals surface area contributed by atoms with Crippen molar-refractivity contribution in [1.29, 1.82) is 0 Å². The van der Waals surface area contributed by atoms with Crippen LogP contribution in [0.4, 0.5) is 0 Å². The number of rotatable bonds is 7. The molecular formula is C31H23Cl2N3O2. The lowest BCUT2D eigenvalue weighted by molar-refractivity contribution is 0.0730. The lowest BCUT2D eigenvalue weighted by Crippen LogP contribution is -2.29. The Morgan fingerprint density at radius 1 is 0.789 bits per heavy atom. The van der Waals surface area contributed by atoms with Crippen LogP contribution in [-0.2, 0) is 13.2 Å². The highest BCUT2D eigenvalue weighted by Gasteiger charge is 2.42. The molecule has 1 aliphatic heterocycles. The zero-order chi connectivity index (χ0) is 26.1. The first-order valence-electron chi connectivity index (χ1n) is 12.2. The normalized spacial score (nSPS) is 14.5. The Morgan fingerprint density at radius 3 is 2.11 bits per heavy atom. The molecule has 5 aromatic rings. The van der Waals surface area contributed by atoms with Crippen molar-refractivity contribution in [3.63, 3.8) is 0 Å². The number of aromatic nitrogens is 2. The second kappa shape index (κ2) is 10.4. The number of fused-ring (bicyclic) bond motifs is 1. The Bertz CT molecular complexity index is 1600. The monoisotopic (exact) mass is 539 g/mol. The lowest BCUT2D eigenvalue weighted by Gasteiger charge is -2.27. The van der Waals surface area contributed by atoms with Gasteiger partial charge in [0.25, 0.3) is 5.91 Å². The van der Waals surface area contributed by atoms with Crippen LogP contribution in [0.2, 0.25) is 10.0 Å². The van der Waals surface area contributed by atoms with Crippen LogP contribution in [0.25, 0.3) is 11.3 Å². The van der Waals surface area contributed by atoms with Gasteiger partial charge in [0.2, 0.25) is 0 Å². The van der Waals surface area contributed by atoms with Crippen LogP contribution in [-0.4, -0.2) is 21.0 Å². The van der Waals surface area contributed by atoms with E-state index in [2.05, 4.69) is 10.2 Å². The SMILES string of the molecule is O=C1c2[nH]nc(-c3ccccc3)c2C(c2ccc(OCc3ccccc3Cl)cc2)N1Cc1ccccc1Cl. The van der Waals surface area contributed by atoms with E-state index in [1.807, 2.05) is 108 Å². The number of halogens is 2. The number of nitrogens with zero attached hydrogens (tertiary/aromatic N) is 2. The van der Waals surface area contributed by atoms with Gasteiger partial charge in [-0.2, -0.15) is 5.10 Å². The first-order valence-corrected chi connectivity index (χ1v) is 13.0. The Balaban J connectivity index is 1.36. The molecule has 6 rings (SSSR count). The standard InChI is InChI=1S/C31H23Cl2N3O2/c32-25-12-6-4-10-22(25)18-36-30(27-28(20-8-2-1-3-9-20)34-35-29(27)31(36)37)21-14-16-24(17-15-21)38-19-23-11-5-7-13-26(23)33/h1-17,30H,18-19H2,(H,34,35). The molecule has 1 unspecified atom stereocenters. The van der Waals surface area contributed by atoms with Crippen LogP contribution in [0.15, 0.2) is 103 Å². The van der Waals surface area contributed by atoms with Gasteiger partial charge in [0.1, 0.15) is 18.1 Å². The van der Waals surface area contributed by atoms with Crippen molar-refractivity contribution in [2.45, 2.75) is 19.2 Å². The predicted octanol–water partition coefficient (Wildman–Crippen LogP) is 7.71. The van der Waals surface area contributed by atoms with Crippen LogP contribution in [0.3, 0.4) is 0 Å². The minimum Gasteiger partial charge on any atom is -0.489 e. The van der Waals surface area contributed by atoms with E-state index in [1.165, 1.54) is 0 Å². The summed E-state index contributed by atoms with van der Waals surface area (Å²) in [7, 11) is 0. The minimum absolute atomic E-state index is 0.112. The summed E-state index contributed by atoms with van der Waals surface area (Å²) in [5.41, 5.74) is 5.82. The molecule has 0 spiro atoms. The van der Waals surface area contributed by atoms with Crippen molar-refractivity contribution < 1.29 is 9.53 Å². The lowest BCUT2D eigenvalue weighted by atomic mass is 9.96. The molecule has 38 heavy (non-hydrogen) atoms. The zero-order valence-corrected chi connectivity index (χ0v) is 21.8. The first-order chi connectivity index (χ1) is 18.6. The molecule has 1 aromatic heterocycles. The van der Waals surface area contributed by atoms with E-state index in [-0.39, 0.29) is 11.9 Å². The molecule has 1 N–H and O–H groups in total. The number of ether oxygens (including phenoxy) is 1. The Hall–Kier alpha value is -4.06. The summed E-state index contributed by atoms with van der Waals surface area (Å²) >= 11 is 12.8. The molecule has 0 aliphatic carbocycles. The van der Waals surface area contributed by atoms with Gasteiger partial charge in [-0.05, 0) is 35.4 Å². The molecule has 2 heterocycles. The minimum atomic E-state index is -0.347. The van der Waals surface area contributed by atoms with E-state index in [4.69, 9.17) is 27.9 Å². The molecule has 1 amide bonds. The maximum atomic E-state index is 13.7. The third-order valence-electron chi connectivity index (χ3n) is 6.76.